The number of rotatable bonds is 3. The van der Waals surface area contributed by atoms with Crippen molar-refractivity contribution in [2.75, 3.05) is 6.54 Å². The molecule has 0 heterocycles. The maximum atomic E-state index is 13.4. The number of benzene rings is 1. The van der Waals surface area contributed by atoms with Gasteiger partial charge in [-0.25, -0.2) is 4.39 Å². The lowest BCUT2D eigenvalue weighted by atomic mass is 10.0. The van der Waals surface area contributed by atoms with Gasteiger partial charge in [-0.05, 0) is 66.1 Å². The van der Waals surface area contributed by atoms with Gasteiger partial charge in [0.25, 0.3) is 5.91 Å². The molecule has 1 amide bonds. The molecule has 18 heavy (non-hydrogen) atoms. The monoisotopic (exact) mass is 362 g/mol. The van der Waals surface area contributed by atoms with Crippen molar-refractivity contribution >= 4 is 28.5 Å². The highest BCUT2D eigenvalue weighted by Gasteiger charge is 2.27. The van der Waals surface area contributed by atoms with Crippen molar-refractivity contribution in [2.45, 2.75) is 25.3 Å². The molecule has 1 aromatic rings. The van der Waals surface area contributed by atoms with Crippen molar-refractivity contribution in [3.05, 3.63) is 33.1 Å². The largest absolute Gasteiger partial charge is 0.349 e. The highest BCUT2D eigenvalue weighted by molar-refractivity contribution is 14.1. The van der Waals surface area contributed by atoms with E-state index in [4.69, 9.17) is 5.73 Å². The van der Waals surface area contributed by atoms with Crippen LogP contribution in [0.4, 0.5) is 4.39 Å². The molecule has 0 aliphatic heterocycles. The Labute approximate surface area is 119 Å². The second kappa shape index (κ2) is 5.97. The summed E-state index contributed by atoms with van der Waals surface area (Å²) in [6, 6.07) is 4.67. The molecule has 3 N–H and O–H groups in total. The lowest BCUT2D eigenvalue weighted by Crippen LogP contribution is -2.39. The summed E-state index contributed by atoms with van der Waals surface area (Å²) in [5.74, 6) is -0.219. The van der Waals surface area contributed by atoms with Crippen LogP contribution in [0.2, 0.25) is 0 Å². The van der Waals surface area contributed by atoms with E-state index >= 15 is 0 Å². The summed E-state index contributed by atoms with van der Waals surface area (Å²) < 4.78 is 13.9. The van der Waals surface area contributed by atoms with E-state index in [2.05, 4.69) is 5.32 Å². The van der Waals surface area contributed by atoms with Crippen LogP contribution in [0.25, 0.3) is 0 Å². The molecule has 0 spiro atoms. The van der Waals surface area contributed by atoms with Crippen molar-refractivity contribution in [3.8, 4) is 0 Å². The number of halogens is 2. The third-order valence-corrected chi connectivity index (χ3v) is 4.33. The number of nitrogens with one attached hydrogen (secondary N) is 1. The van der Waals surface area contributed by atoms with Crippen LogP contribution in [0.1, 0.15) is 29.6 Å². The predicted molar refractivity (Wildman–Crippen MR) is 76.8 cm³/mol. The van der Waals surface area contributed by atoms with Gasteiger partial charge in [0, 0.05) is 15.2 Å². The molecule has 0 aromatic heterocycles. The Balaban J connectivity index is 2.05. The zero-order chi connectivity index (χ0) is 13.1. The second-order valence-corrected chi connectivity index (χ2v) is 5.80. The first-order chi connectivity index (χ1) is 8.61. The Kier molecular flexibility index (Phi) is 4.55. The summed E-state index contributed by atoms with van der Waals surface area (Å²) in [4.78, 5) is 12.0. The summed E-state index contributed by atoms with van der Waals surface area (Å²) in [6.45, 7) is 0.589. The van der Waals surface area contributed by atoms with Crippen LogP contribution in [0.15, 0.2) is 18.2 Å². The first-order valence-corrected chi connectivity index (χ1v) is 7.15. The highest BCUT2D eigenvalue weighted by atomic mass is 127. The number of amides is 1. The fourth-order valence-corrected chi connectivity index (χ4v) is 2.73. The van der Waals surface area contributed by atoms with Crippen molar-refractivity contribution in [2.24, 2.45) is 11.7 Å². The fraction of sp³-hybridized carbons (Fsp3) is 0.462. The van der Waals surface area contributed by atoms with Gasteiger partial charge in [-0.15, -0.1) is 0 Å². The van der Waals surface area contributed by atoms with Gasteiger partial charge in [-0.3, -0.25) is 4.79 Å². The predicted octanol–water partition coefficient (Wildman–Crippen LogP) is 2.29. The number of hydrogen-bond acceptors (Lipinski definition) is 2. The van der Waals surface area contributed by atoms with E-state index in [0.29, 0.717) is 21.6 Å². The topological polar surface area (TPSA) is 55.1 Å². The zero-order valence-corrected chi connectivity index (χ0v) is 12.1. The van der Waals surface area contributed by atoms with Crippen molar-refractivity contribution in [1.29, 1.82) is 0 Å². The normalized spacial score (nSPS) is 23.1. The lowest BCUT2D eigenvalue weighted by molar-refractivity contribution is 0.0928. The van der Waals surface area contributed by atoms with E-state index in [1.165, 1.54) is 6.07 Å². The SMILES string of the molecule is NCC1CCCC1NC(=O)c1ccc(I)c(F)c1. The van der Waals surface area contributed by atoms with E-state index in [1.807, 2.05) is 22.6 Å². The molecule has 2 rings (SSSR count). The summed E-state index contributed by atoms with van der Waals surface area (Å²) in [6.07, 6.45) is 3.11. The molecular formula is C13H16FIN2O. The quantitative estimate of drug-likeness (QED) is 0.811. The molecule has 1 aliphatic carbocycles. The van der Waals surface area contributed by atoms with E-state index in [1.54, 1.807) is 12.1 Å². The molecule has 1 fully saturated rings. The summed E-state index contributed by atoms with van der Waals surface area (Å²) >= 11 is 1.90. The second-order valence-electron chi connectivity index (χ2n) is 4.64. The van der Waals surface area contributed by atoms with Crippen LogP contribution in [0.3, 0.4) is 0 Å². The van der Waals surface area contributed by atoms with E-state index in [0.717, 1.165) is 19.3 Å². The van der Waals surface area contributed by atoms with Gasteiger partial charge in [0.2, 0.25) is 0 Å². The van der Waals surface area contributed by atoms with Crippen LogP contribution in [0, 0.1) is 15.3 Å². The number of hydrogen-bond donors (Lipinski definition) is 2. The molecule has 1 aliphatic rings. The Hall–Kier alpha value is -0.690. The van der Waals surface area contributed by atoms with Crippen molar-refractivity contribution in [3.63, 3.8) is 0 Å². The van der Waals surface area contributed by atoms with Crippen molar-refractivity contribution in [1.82, 2.24) is 5.32 Å². The summed E-state index contributed by atoms with van der Waals surface area (Å²) in [5, 5.41) is 2.95. The third kappa shape index (κ3) is 3.00. The molecule has 2 atom stereocenters. The Morgan fingerprint density at radius 2 is 2.28 bits per heavy atom. The molecular weight excluding hydrogens is 346 g/mol. The standard InChI is InChI=1S/C13H16FIN2O/c14-10-6-8(4-5-11(10)15)13(18)17-12-3-1-2-9(12)7-16/h4-6,9,12H,1-3,7,16H2,(H,17,18). The lowest BCUT2D eigenvalue weighted by Gasteiger charge is -2.19. The molecule has 5 heteroatoms. The third-order valence-electron chi connectivity index (χ3n) is 3.46. The van der Waals surface area contributed by atoms with E-state index in [9.17, 15) is 9.18 Å². The number of carbonyl (C=O) groups excluding carboxylic acids is 1. The minimum atomic E-state index is -0.356. The molecule has 1 saturated carbocycles. The van der Waals surface area contributed by atoms with Crippen LogP contribution in [0.5, 0.6) is 0 Å². The highest BCUT2D eigenvalue weighted by Crippen LogP contribution is 2.25. The smallest absolute Gasteiger partial charge is 0.251 e. The van der Waals surface area contributed by atoms with Gasteiger partial charge in [-0.1, -0.05) is 6.42 Å². The Bertz CT molecular complexity index is 453. The molecule has 2 unspecified atom stereocenters. The summed E-state index contributed by atoms with van der Waals surface area (Å²) in [5.41, 5.74) is 6.04. The molecule has 0 saturated heterocycles. The Morgan fingerprint density at radius 3 is 2.94 bits per heavy atom. The Morgan fingerprint density at radius 1 is 1.50 bits per heavy atom. The fourth-order valence-electron chi connectivity index (χ4n) is 2.40. The molecule has 98 valence electrons. The minimum Gasteiger partial charge on any atom is -0.349 e. The van der Waals surface area contributed by atoms with Gasteiger partial charge < -0.3 is 11.1 Å². The van der Waals surface area contributed by atoms with Crippen LogP contribution >= 0.6 is 22.6 Å². The molecule has 0 radical (unpaired) electrons. The van der Waals surface area contributed by atoms with Gasteiger partial charge in [0.15, 0.2) is 0 Å². The van der Waals surface area contributed by atoms with Crippen LogP contribution < -0.4 is 11.1 Å². The van der Waals surface area contributed by atoms with E-state index in [-0.39, 0.29) is 17.8 Å². The average Bonchev–Trinajstić information content (AvgIpc) is 2.79. The maximum absolute atomic E-state index is 13.4. The zero-order valence-electron chi connectivity index (χ0n) is 9.96. The minimum absolute atomic E-state index is 0.129. The van der Waals surface area contributed by atoms with Crippen molar-refractivity contribution < 1.29 is 9.18 Å². The van der Waals surface area contributed by atoms with Gasteiger partial charge >= 0.3 is 0 Å². The molecule has 0 bridgehead atoms. The van der Waals surface area contributed by atoms with Crippen LogP contribution in [-0.2, 0) is 0 Å². The first-order valence-electron chi connectivity index (χ1n) is 6.08. The van der Waals surface area contributed by atoms with Gasteiger partial charge in [0.05, 0.1) is 0 Å². The van der Waals surface area contributed by atoms with Crippen LogP contribution in [-0.4, -0.2) is 18.5 Å². The van der Waals surface area contributed by atoms with Gasteiger partial charge in [-0.2, -0.15) is 0 Å². The molecule has 3 nitrogen and oxygen atoms in total. The summed E-state index contributed by atoms with van der Waals surface area (Å²) in [7, 11) is 0. The first kappa shape index (κ1) is 13.7. The maximum Gasteiger partial charge on any atom is 0.251 e. The number of nitrogens with two attached hydrogens (primary N) is 1. The van der Waals surface area contributed by atoms with Gasteiger partial charge in [0.1, 0.15) is 5.82 Å². The number of carbonyl (C=O) groups is 1. The van der Waals surface area contributed by atoms with E-state index < -0.39 is 0 Å². The average molecular weight is 362 g/mol. The molecule has 1 aromatic carbocycles.